The molecule has 0 aliphatic rings. The Labute approximate surface area is 131 Å². The highest BCUT2D eigenvalue weighted by Crippen LogP contribution is 2.28. The number of anilines is 1. The van der Waals surface area contributed by atoms with Gasteiger partial charge in [-0.3, -0.25) is 4.98 Å². The van der Waals surface area contributed by atoms with Crippen molar-refractivity contribution in [1.29, 1.82) is 0 Å². The molecule has 0 amide bonds. The van der Waals surface area contributed by atoms with Crippen LogP contribution in [-0.4, -0.2) is 4.98 Å². The number of aromatic nitrogens is 1. The van der Waals surface area contributed by atoms with Crippen molar-refractivity contribution in [2.24, 2.45) is 0 Å². The molecule has 1 N–H and O–H groups in total. The predicted octanol–water partition coefficient (Wildman–Crippen LogP) is 5.29. The number of pyridine rings is 1. The van der Waals surface area contributed by atoms with E-state index in [4.69, 9.17) is 23.2 Å². The zero-order chi connectivity index (χ0) is 14.8. The van der Waals surface area contributed by atoms with E-state index in [1.807, 2.05) is 18.2 Å². The summed E-state index contributed by atoms with van der Waals surface area (Å²) in [6, 6.07) is 11.9. The SMILES string of the molecule is Fc1ccc(Cl)cc1CNc1ccc(Cl)c2ncccc12. The first-order valence-corrected chi connectivity index (χ1v) is 7.12. The van der Waals surface area contributed by atoms with Gasteiger partial charge in [0, 0.05) is 34.4 Å². The molecule has 0 radical (unpaired) electrons. The number of halogens is 3. The van der Waals surface area contributed by atoms with Gasteiger partial charge >= 0.3 is 0 Å². The fourth-order valence-corrected chi connectivity index (χ4v) is 2.57. The molecule has 0 fully saturated rings. The maximum atomic E-state index is 13.7. The molecule has 106 valence electrons. The lowest BCUT2D eigenvalue weighted by Crippen LogP contribution is -2.02. The number of rotatable bonds is 3. The molecule has 0 saturated carbocycles. The first-order chi connectivity index (χ1) is 10.1. The summed E-state index contributed by atoms with van der Waals surface area (Å²) in [7, 11) is 0. The smallest absolute Gasteiger partial charge is 0.128 e. The molecule has 21 heavy (non-hydrogen) atoms. The molecule has 2 nitrogen and oxygen atoms in total. The number of fused-ring (bicyclic) bond motifs is 1. The average molecular weight is 321 g/mol. The third-order valence-corrected chi connectivity index (χ3v) is 3.74. The quantitative estimate of drug-likeness (QED) is 0.709. The van der Waals surface area contributed by atoms with E-state index in [0.29, 0.717) is 22.2 Å². The van der Waals surface area contributed by atoms with Crippen LogP contribution >= 0.6 is 23.2 Å². The molecule has 0 unspecified atom stereocenters. The van der Waals surface area contributed by atoms with Crippen LogP contribution in [0, 0.1) is 5.82 Å². The number of hydrogen-bond donors (Lipinski definition) is 1. The minimum absolute atomic E-state index is 0.289. The van der Waals surface area contributed by atoms with E-state index in [1.165, 1.54) is 12.1 Å². The standard InChI is InChI=1S/C16H11Cl2FN2/c17-11-3-5-14(19)10(8-11)9-21-15-6-4-13(18)16-12(15)2-1-7-20-16/h1-8,21H,9H2. The van der Waals surface area contributed by atoms with Crippen molar-refractivity contribution in [1.82, 2.24) is 4.98 Å². The van der Waals surface area contributed by atoms with Crippen LogP contribution in [0.3, 0.4) is 0 Å². The van der Waals surface area contributed by atoms with Crippen LogP contribution < -0.4 is 5.32 Å². The molecule has 1 aromatic heterocycles. The molecule has 0 saturated heterocycles. The van der Waals surface area contributed by atoms with Gasteiger partial charge in [0.2, 0.25) is 0 Å². The van der Waals surface area contributed by atoms with Gasteiger partial charge in [0.05, 0.1) is 10.5 Å². The van der Waals surface area contributed by atoms with E-state index in [9.17, 15) is 4.39 Å². The van der Waals surface area contributed by atoms with Crippen LogP contribution in [-0.2, 0) is 6.54 Å². The highest BCUT2D eigenvalue weighted by molar-refractivity contribution is 6.35. The van der Waals surface area contributed by atoms with Crippen LogP contribution in [0.2, 0.25) is 10.0 Å². The van der Waals surface area contributed by atoms with E-state index in [2.05, 4.69) is 10.3 Å². The molecule has 1 heterocycles. The molecule has 0 atom stereocenters. The molecule has 5 heteroatoms. The van der Waals surface area contributed by atoms with E-state index in [0.717, 1.165) is 16.6 Å². The van der Waals surface area contributed by atoms with Crippen molar-refractivity contribution in [2.45, 2.75) is 6.54 Å². The second-order valence-electron chi connectivity index (χ2n) is 4.58. The van der Waals surface area contributed by atoms with Gasteiger partial charge in [0.25, 0.3) is 0 Å². The van der Waals surface area contributed by atoms with Crippen LogP contribution in [0.5, 0.6) is 0 Å². The Hall–Kier alpha value is -1.84. The fourth-order valence-electron chi connectivity index (χ4n) is 2.16. The second-order valence-corrected chi connectivity index (χ2v) is 5.43. The van der Waals surface area contributed by atoms with Crippen LogP contribution in [0.25, 0.3) is 10.9 Å². The topological polar surface area (TPSA) is 24.9 Å². The van der Waals surface area contributed by atoms with Gasteiger partial charge in [-0.1, -0.05) is 23.2 Å². The zero-order valence-corrected chi connectivity index (χ0v) is 12.4. The normalized spacial score (nSPS) is 10.8. The van der Waals surface area contributed by atoms with Crippen molar-refractivity contribution < 1.29 is 4.39 Å². The molecular weight excluding hydrogens is 310 g/mol. The summed E-state index contributed by atoms with van der Waals surface area (Å²) in [6.45, 7) is 0.331. The van der Waals surface area contributed by atoms with E-state index in [1.54, 1.807) is 18.3 Å². The van der Waals surface area contributed by atoms with E-state index < -0.39 is 0 Å². The number of hydrogen-bond acceptors (Lipinski definition) is 2. The summed E-state index contributed by atoms with van der Waals surface area (Å²) in [6.07, 6.45) is 1.69. The summed E-state index contributed by atoms with van der Waals surface area (Å²) in [5.74, 6) is -0.289. The summed E-state index contributed by atoms with van der Waals surface area (Å²) < 4.78 is 13.7. The van der Waals surface area contributed by atoms with E-state index >= 15 is 0 Å². The fraction of sp³-hybridized carbons (Fsp3) is 0.0625. The minimum Gasteiger partial charge on any atom is -0.380 e. The largest absolute Gasteiger partial charge is 0.380 e. The van der Waals surface area contributed by atoms with Crippen LogP contribution in [0.1, 0.15) is 5.56 Å². The van der Waals surface area contributed by atoms with Gasteiger partial charge in [-0.15, -0.1) is 0 Å². The Morgan fingerprint density at radius 1 is 1.10 bits per heavy atom. The number of nitrogens with zero attached hydrogens (tertiary/aromatic N) is 1. The van der Waals surface area contributed by atoms with Crippen LogP contribution in [0.4, 0.5) is 10.1 Å². The minimum atomic E-state index is -0.289. The maximum Gasteiger partial charge on any atom is 0.128 e. The molecule has 2 aromatic carbocycles. The predicted molar refractivity (Wildman–Crippen MR) is 85.5 cm³/mol. The molecule has 3 rings (SSSR count). The molecule has 0 aliphatic carbocycles. The summed E-state index contributed by atoms with van der Waals surface area (Å²) >= 11 is 12.0. The second kappa shape index (κ2) is 5.88. The third kappa shape index (κ3) is 2.94. The summed E-state index contributed by atoms with van der Waals surface area (Å²) in [5.41, 5.74) is 2.08. The van der Waals surface area contributed by atoms with Crippen molar-refractivity contribution in [3.05, 3.63) is 70.1 Å². The lowest BCUT2D eigenvalue weighted by atomic mass is 10.1. The van der Waals surface area contributed by atoms with Gasteiger partial charge < -0.3 is 5.32 Å². The van der Waals surface area contributed by atoms with E-state index in [-0.39, 0.29) is 5.82 Å². The molecule has 0 spiro atoms. The van der Waals surface area contributed by atoms with Crippen molar-refractivity contribution in [3.63, 3.8) is 0 Å². The monoisotopic (exact) mass is 320 g/mol. The number of benzene rings is 2. The van der Waals surface area contributed by atoms with Gasteiger partial charge in [-0.2, -0.15) is 0 Å². The molecule has 0 aliphatic heterocycles. The Bertz CT molecular complexity index is 805. The van der Waals surface area contributed by atoms with Crippen molar-refractivity contribution in [3.8, 4) is 0 Å². The Morgan fingerprint density at radius 2 is 1.95 bits per heavy atom. The average Bonchev–Trinajstić information content (AvgIpc) is 2.50. The third-order valence-electron chi connectivity index (χ3n) is 3.20. The Morgan fingerprint density at radius 3 is 2.81 bits per heavy atom. The Kier molecular flexibility index (Phi) is 3.95. The summed E-state index contributed by atoms with van der Waals surface area (Å²) in [5, 5.41) is 5.20. The maximum absolute atomic E-state index is 13.7. The van der Waals surface area contributed by atoms with Crippen LogP contribution in [0.15, 0.2) is 48.7 Å². The lowest BCUT2D eigenvalue weighted by Gasteiger charge is -2.11. The van der Waals surface area contributed by atoms with Crippen molar-refractivity contribution in [2.75, 3.05) is 5.32 Å². The van der Waals surface area contributed by atoms with Crippen molar-refractivity contribution >= 4 is 39.8 Å². The first kappa shape index (κ1) is 14.1. The highest BCUT2D eigenvalue weighted by atomic mass is 35.5. The Balaban J connectivity index is 1.92. The lowest BCUT2D eigenvalue weighted by molar-refractivity contribution is 0.613. The van der Waals surface area contributed by atoms with Gasteiger partial charge in [0.15, 0.2) is 0 Å². The first-order valence-electron chi connectivity index (χ1n) is 6.36. The molecular formula is C16H11Cl2FN2. The summed E-state index contributed by atoms with van der Waals surface area (Å²) in [4.78, 5) is 4.26. The number of nitrogens with one attached hydrogen (secondary N) is 1. The molecule has 3 aromatic rings. The molecule has 0 bridgehead atoms. The van der Waals surface area contributed by atoms with Gasteiger partial charge in [0.1, 0.15) is 5.82 Å². The van der Waals surface area contributed by atoms with Gasteiger partial charge in [-0.25, -0.2) is 4.39 Å². The zero-order valence-electron chi connectivity index (χ0n) is 10.9. The van der Waals surface area contributed by atoms with Gasteiger partial charge in [-0.05, 0) is 42.5 Å². The highest BCUT2D eigenvalue weighted by Gasteiger charge is 2.07.